The van der Waals surface area contributed by atoms with Gasteiger partial charge >= 0.3 is 0 Å². The number of hydrogen-bond acceptors (Lipinski definition) is 4. The van der Waals surface area contributed by atoms with E-state index in [2.05, 4.69) is 15.6 Å². The van der Waals surface area contributed by atoms with Gasteiger partial charge in [-0.2, -0.15) is 0 Å². The van der Waals surface area contributed by atoms with Crippen LogP contribution in [0.4, 0.5) is 4.39 Å². The van der Waals surface area contributed by atoms with E-state index in [1.54, 1.807) is 19.2 Å². The van der Waals surface area contributed by atoms with Crippen LogP contribution in [0.5, 0.6) is 5.75 Å². The van der Waals surface area contributed by atoms with Crippen molar-refractivity contribution in [1.29, 1.82) is 0 Å². The van der Waals surface area contributed by atoms with Gasteiger partial charge < -0.3 is 24.8 Å². The Balaban J connectivity index is 2.08. The minimum atomic E-state index is -0.252. The van der Waals surface area contributed by atoms with E-state index in [1.165, 1.54) is 12.1 Å². The van der Waals surface area contributed by atoms with Crippen molar-refractivity contribution in [2.75, 3.05) is 53.2 Å². The quantitative estimate of drug-likeness (QED) is 0.300. The smallest absolute Gasteiger partial charge is 0.191 e. The number of aliphatic imine (C=N–C) groups is 1. The van der Waals surface area contributed by atoms with Crippen LogP contribution in [0, 0.1) is 5.82 Å². The molecule has 0 radical (unpaired) electrons. The summed E-state index contributed by atoms with van der Waals surface area (Å²) in [5.74, 6) is 1.27. The van der Waals surface area contributed by atoms with Gasteiger partial charge in [0, 0.05) is 33.4 Å². The second-order valence-corrected chi connectivity index (χ2v) is 5.66. The molecule has 0 fully saturated rings. The van der Waals surface area contributed by atoms with Crippen molar-refractivity contribution in [3.63, 3.8) is 0 Å². The molecule has 1 aromatic carbocycles. The highest BCUT2D eigenvalue weighted by Gasteiger charge is 1.98. The third-order valence-corrected chi connectivity index (χ3v) is 3.44. The van der Waals surface area contributed by atoms with E-state index >= 15 is 0 Å². The normalized spacial score (nSPS) is 11.4. The Morgan fingerprint density at radius 2 is 1.81 bits per heavy atom. The molecule has 1 rings (SSSR count). The number of methoxy groups -OCH3 is 1. The topological polar surface area (TPSA) is 64.1 Å². The largest absolute Gasteiger partial charge is 0.494 e. The maximum atomic E-state index is 12.8. The number of nitrogens with one attached hydrogen (secondary N) is 2. The minimum absolute atomic E-state index is 0.252. The predicted molar refractivity (Wildman–Crippen MR) is 102 cm³/mol. The van der Waals surface area contributed by atoms with Crippen molar-refractivity contribution < 1.29 is 18.6 Å². The highest BCUT2D eigenvalue weighted by Crippen LogP contribution is 2.11. The standard InChI is InChI=1S/C19H32FN3O3/c1-3-21-19(23-12-6-13-25-16-15-24-2)22-11-4-5-14-26-18-9-7-17(20)8-10-18/h7-10H,3-6,11-16H2,1-2H3,(H2,21,22,23). The number of nitrogens with zero attached hydrogens (tertiary/aromatic N) is 1. The van der Waals surface area contributed by atoms with Gasteiger partial charge in [0.05, 0.1) is 19.8 Å². The molecule has 1 aromatic rings. The van der Waals surface area contributed by atoms with Crippen molar-refractivity contribution >= 4 is 5.96 Å². The van der Waals surface area contributed by atoms with Crippen LogP contribution in [0.1, 0.15) is 26.2 Å². The fourth-order valence-corrected chi connectivity index (χ4v) is 2.10. The van der Waals surface area contributed by atoms with Gasteiger partial charge in [-0.05, 0) is 50.5 Å². The molecule has 2 N–H and O–H groups in total. The van der Waals surface area contributed by atoms with E-state index in [0.29, 0.717) is 32.2 Å². The molecule has 0 saturated heterocycles. The maximum Gasteiger partial charge on any atom is 0.191 e. The molecule has 0 amide bonds. The van der Waals surface area contributed by atoms with Crippen LogP contribution >= 0.6 is 0 Å². The highest BCUT2D eigenvalue weighted by atomic mass is 19.1. The van der Waals surface area contributed by atoms with Gasteiger partial charge in [-0.3, -0.25) is 4.99 Å². The second kappa shape index (κ2) is 15.4. The number of hydrogen-bond donors (Lipinski definition) is 2. The molecule has 7 heteroatoms. The van der Waals surface area contributed by atoms with E-state index < -0.39 is 0 Å². The molecule has 0 unspecified atom stereocenters. The molecule has 148 valence electrons. The lowest BCUT2D eigenvalue weighted by molar-refractivity contribution is 0.0702. The summed E-state index contributed by atoms with van der Waals surface area (Å²) in [7, 11) is 1.66. The molecule has 0 bridgehead atoms. The molecule has 0 spiro atoms. The van der Waals surface area contributed by atoms with Crippen LogP contribution in [0.3, 0.4) is 0 Å². The molecule has 0 saturated carbocycles. The average molecular weight is 369 g/mol. The molecular formula is C19H32FN3O3. The van der Waals surface area contributed by atoms with Gasteiger partial charge in [-0.25, -0.2) is 4.39 Å². The van der Waals surface area contributed by atoms with Gasteiger partial charge in [0.25, 0.3) is 0 Å². The van der Waals surface area contributed by atoms with Gasteiger partial charge in [0.15, 0.2) is 5.96 Å². The Hall–Kier alpha value is -1.86. The summed E-state index contributed by atoms with van der Waals surface area (Å²) in [6.07, 6.45) is 2.76. The highest BCUT2D eigenvalue weighted by molar-refractivity contribution is 5.79. The zero-order valence-corrected chi connectivity index (χ0v) is 15.9. The summed E-state index contributed by atoms with van der Waals surface area (Å²) in [6, 6.07) is 6.09. The Morgan fingerprint density at radius 1 is 1.00 bits per heavy atom. The van der Waals surface area contributed by atoms with E-state index in [-0.39, 0.29) is 5.82 Å². The average Bonchev–Trinajstić information content (AvgIpc) is 2.65. The van der Waals surface area contributed by atoms with E-state index in [0.717, 1.165) is 44.9 Å². The number of benzene rings is 1. The Bertz CT molecular complexity index is 483. The predicted octanol–water partition coefficient (Wildman–Crippen LogP) is 2.59. The molecular weight excluding hydrogens is 337 g/mol. The first kappa shape index (κ1) is 22.2. The third kappa shape index (κ3) is 11.7. The van der Waals surface area contributed by atoms with Crippen LogP contribution in [-0.4, -0.2) is 59.1 Å². The van der Waals surface area contributed by atoms with Gasteiger partial charge in [-0.1, -0.05) is 0 Å². The van der Waals surface area contributed by atoms with E-state index in [4.69, 9.17) is 14.2 Å². The molecule has 0 aliphatic carbocycles. The monoisotopic (exact) mass is 369 g/mol. The van der Waals surface area contributed by atoms with Crippen LogP contribution in [0.15, 0.2) is 29.3 Å². The Kier molecular flexibility index (Phi) is 13.1. The lowest BCUT2D eigenvalue weighted by atomic mass is 10.3. The van der Waals surface area contributed by atoms with Crippen molar-refractivity contribution in [3.05, 3.63) is 30.1 Å². The Morgan fingerprint density at radius 3 is 2.54 bits per heavy atom. The van der Waals surface area contributed by atoms with Gasteiger partial charge in [0.1, 0.15) is 11.6 Å². The first-order valence-electron chi connectivity index (χ1n) is 9.23. The second-order valence-electron chi connectivity index (χ2n) is 5.66. The number of rotatable bonds is 14. The van der Waals surface area contributed by atoms with Crippen LogP contribution in [0.25, 0.3) is 0 Å². The van der Waals surface area contributed by atoms with E-state index in [9.17, 15) is 4.39 Å². The van der Waals surface area contributed by atoms with E-state index in [1.807, 2.05) is 6.92 Å². The summed E-state index contributed by atoms with van der Waals surface area (Å²) < 4.78 is 28.7. The summed E-state index contributed by atoms with van der Waals surface area (Å²) >= 11 is 0. The molecule has 0 aliphatic heterocycles. The van der Waals surface area contributed by atoms with Crippen LogP contribution in [-0.2, 0) is 9.47 Å². The maximum absolute atomic E-state index is 12.8. The van der Waals surface area contributed by atoms with Crippen LogP contribution in [0.2, 0.25) is 0 Å². The fraction of sp³-hybridized carbons (Fsp3) is 0.632. The molecule has 0 heterocycles. The zero-order valence-electron chi connectivity index (χ0n) is 15.9. The Labute approximate surface area is 156 Å². The molecule has 0 atom stereocenters. The molecule has 0 aliphatic rings. The first-order valence-corrected chi connectivity index (χ1v) is 9.23. The lowest BCUT2D eigenvalue weighted by Gasteiger charge is -2.11. The number of halogens is 1. The molecule has 0 aromatic heterocycles. The summed E-state index contributed by atoms with van der Waals surface area (Å²) in [6.45, 7) is 6.95. The van der Waals surface area contributed by atoms with Crippen LogP contribution < -0.4 is 15.4 Å². The van der Waals surface area contributed by atoms with Gasteiger partial charge in [-0.15, -0.1) is 0 Å². The molecule has 6 nitrogen and oxygen atoms in total. The zero-order chi connectivity index (χ0) is 18.9. The molecule has 26 heavy (non-hydrogen) atoms. The minimum Gasteiger partial charge on any atom is -0.494 e. The summed E-state index contributed by atoms with van der Waals surface area (Å²) in [5.41, 5.74) is 0. The first-order chi connectivity index (χ1) is 12.8. The third-order valence-electron chi connectivity index (χ3n) is 3.44. The van der Waals surface area contributed by atoms with Crippen molar-refractivity contribution in [3.8, 4) is 5.75 Å². The number of unbranched alkanes of at least 4 members (excludes halogenated alkanes) is 1. The van der Waals surface area contributed by atoms with Crippen molar-refractivity contribution in [2.24, 2.45) is 4.99 Å². The van der Waals surface area contributed by atoms with Gasteiger partial charge in [0.2, 0.25) is 0 Å². The van der Waals surface area contributed by atoms with Crippen molar-refractivity contribution in [2.45, 2.75) is 26.2 Å². The number of ether oxygens (including phenoxy) is 3. The SMILES string of the molecule is CCNC(=NCCCOCCOC)NCCCCOc1ccc(F)cc1. The fourth-order valence-electron chi connectivity index (χ4n) is 2.10. The number of guanidine groups is 1. The summed E-state index contributed by atoms with van der Waals surface area (Å²) in [5, 5.41) is 6.54. The van der Waals surface area contributed by atoms with Crippen molar-refractivity contribution in [1.82, 2.24) is 10.6 Å². The lowest BCUT2D eigenvalue weighted by Crippen LogP contribution is -2.38. The summed E-state index contributed by atoms with van der Waals surface area (Å²) in [4.78, 5) is 4.52.